The molecule has 0 spiro atoms. The second-order valence-electron chi connectivity index (χ2n) is 3.75. The van der Waals surface area contributed by atoms with E-state index in [0.717, 1.165) is 5.75 Å². The molecule has 0 radical (unpaired) electrons. The minimum atomic E-state index is -0.949. The highest BCUT2D eigenvalue weighted by Crippen LogP contribution is 2.25. The van der Waals surface area contributed by atoms with Crippen LogP contribution in [0.15, 0.2) is 12.1 Å². The molecule has 1 N–H and O–H groups in total. The first-order chi connectivity index (χ1) is 8.45. The Balaban J connectivity index is 2.86. The Labute approximate surface area is 108 Å². The van der Waals surface area contributed by atoms with E-state index in [1.54, 1.807) is 18.7 Å². The summed E-state index contributed by atoms with van der Waals surface area (Å²) < 4.78 is 27.1. The van der Waals surface area contributed by atoms with Crippen LogP contribution < -0.4 is 5.32 Å². The SMILES string of the molecule is CCSCC(C)Nc1c(F)cc([N+](=O)[O-])cc1F. The van der Waals surface area contributed by atoms with Gasteiger partial charge >= 0.3 is 0 Å². The van der Waals surface area contributed by atoms with Crippen molar-refractivity contribution < 1.29 is 13.7 Å². The maximum atomic E-state index is 13.5. The average molecular weight is 276 g/mol. The quantitative estimate of drug-likeness (QED) is 0.639. The van der Waals surface area contributed by atoms with Crippen LogP contribution in [0.1, 0.15) is 13.8 Å². The van der Waals surface area contributed by atoms with E-state index in [-0.39, 0.29) is 11.7 Å². The van der Waals surface area contributed by atoms with E-state index in [1.165, 1.54) is 0 Å². The van der Waals surface area contributed by atoms with Crippen LogP contribution in [0.3, 0.4) is 0 Å². The van der Waals surface area contributed by atoms with Crippen molar-refractivity contribution in [1.29, 1.82) is 0 Å². The molecule has 0 aliphatic heterocycles. The van der Waals surface area contributed by atoms with Crippen molar-refractivity contribution >= 4 is 23.1 Å². The van der Waals surface area contributed by atoms with Gasteiger partial charge in [-0.05, 0) is 12.7 Å². The van der Waals surface area contributed by atoms with Crippen LogP contribution in [0.25, 0.3) is 0 Å². The number of hydrogen-bond acceptors (Lipinski definition) is 4. The Kier molecular flexibility index (Phi) is 5.33. The normalized spacial score (nSPS) is 12.2. The smallest absolute Gasteiger partial charge is 0.275 e. The molecule has 0 amide bonds. The van der Waals surface area contributed by atoms with Crippen molar-refractivity contribution in [1.82, 2.24) is 0 Å². The number of nitro groups is 1. The number of benzene rings is 1. The van der Waals surface area contributed by atoms with Crippen molar-refractivity contribution in [2.75, 3.05) is 16.8 Å². The predicted octanol–water partition coefficient (Wildman–Crippen LogP) is 3.43. The zero-order valence-corrected chi connectivity index (χ0v) is 10.9. The van der Waals surface area contributed by atoms with Crippen LogP contribution >= 0.6 is 11.8 Å². The number of hydrogen-bond donors (Lipinski definition) is 1. The lowest BCUT2D eigenvalue weighted by Crippen LogP contribution is -2.20. The summed E-state index contributed by atoms with van der Waals surface area (Å²) in [5, 5.41) is 13.1. The molecule has 4 nitrogen and oxygen atoms in total. The van der Waals surface area contributed by atoms with Gasteiger partial charge in [-0.3, -0.25) is 10.1 Å². The summed E-state index contributed by atoms with van der Waals surface area (Å²) in [5.74, 6) is -0.283. The minimum absolute atomic E-state index is 0.125. The Morgan fingerprint density at radius 2 is 2.00 bits per heavy atom. The second kappa shape index (κ2) is 6.53. The molecule has 0 fully saturated rings. The first-order valence-electron chi connectivity index (χ1n) is 5.43. The molecule has 0 bridgehead atoms. The highest BCUT2D eigenvalue weighted by molar-refractivity contribution is 7.99. The van der Waals surface area contributed by atoms with Crippen molar-refractivity contribution in [2.24, 2.45) is 0 Å². The molecule has 100 valence electrons. The van der Waals surface area contributed by atoms with Crippen LogP contribution in [-0.4, -0.2) is 22.5 Å². The molecular formula is C11H14F2N2O2S. The van der Waals surface area contributed by atoms with Crippen molar-refractivity contribution in [2.45, 2.75) is 19.9 Å². The van der Waals surface area contributed by atoms with Gasteiger partial charge in [0.1, 0.15) is 5.69 Å². The van der Waals surface area contributed by atoms with Gasteiger partial charge in [-0.1, -0.05) is 6.92 Å². The summed E-state index contributed by atoms with van der Waals surface area (Å²) in [7, 11) is 0. The zero-order valence-electron chi connectivity index (χ0n) is 10.1. The lowest BCUT2D eigenvalue weighted by Gasteiger charge is -2.15. The standard InChI is InChI=1S/C11H14F2N2O2S/c1-3-18-6-7(2)14-11-9(12)4-8(15(16)17)5-10(11)13/h4-5,7,14H,3,6H2,1-2H3. The third kappa shape index (κ3) is 3.83. The number of anilines is 1. The van der Waals surface area contributed by atoms with Gasteiger partial charge in [0.05, 0.1) is 17.1 Å². The second-order valence-corrected chi connectivity index (χ2v) is 5.07. The molecule has 0 heterocycles. The summed E-state index contributed by atoms with van der Waals surface area (Å²) in [6.07, 6.45) is 0. The Hall–Kier alpha value is -1.37. The van der Waals surface area contributed by atoms with Crippen molar-refractivity contribution in [3.63, 3.8) is 0 Å². The van der Waals surface area contributed by atoms with E-state index >= 15 is 0 Å². The van der Waals surface area contributed by atoms with Crippen molar-refractivity contribution in [3.05, 3.63) is 33.9 Å². The Morgan fingerprint density at radius 1 is 1.44 bits per heavy atom. The third-order valence-electron chi connectivity index (χ3n) is 2.20. The summed E-state index contributed by atoms with van der Waals surface area (Å²) in [4.78, 5) is 9.60. The molecule has 7 heteroatoms. The van der Waals surface area contributed by atoms with E-state index in [0.29, 0.717) is 17.9 Å². The molecule has 1 rings (SSSR count). The number of nitrogens with one attached hydrogen (secondary N) is 1. The van der Waals surface area contributed by atoms with Gasteiger partial charge in [0.2, 0.25) is 0 Å². The van der Waals surface area contributed by atoms with Gasteiger partial charge in [-0.2, -0.15) is 11.8 Å². The summed E-state index contributed by atoms with van der Waals surface area (Å²) in [5.41, 5.74) is -0.907. The summed E-state index contributed by atoms with van der Waals surface area (Å²) in [6.45, 7) is 3.79. The number of nitrogens with zero attached hydrogens (tertiary/aromatic N) is 1. The van der Waals surface area contributed by atoms with Gasteiger partial charge in [-0.15, -0.1) is 0 Å². The van der Waals surface area contributed by atoms with Gasteiger partial charge in [0.15, 0.2) is 11.6 Å². The number of halogens is 2. The van der Waals surface area contributed by atoms with Crippen LogP contribution in [-0.2, 0) is 0 Å². The van der Waals surface area contributed by atoms with Crippen LogP contribution in [0.2, 0.25) is 0 Å². The lowest BCUT2D eigenvalue weighted by molar-refractivity contribution is -0.385. The lowest BCUT2D eigenvalue weighted by atomic mass is 10.2. The highest BCUT2D eigenvalue weighted by Gasteiger charge is 2.18. The Bertz CT molecular complexity index is 420. The van der Waals surface area contributed by atoms with Gasteiger partial charge in [-0.25, -0.2) is 8.78 Å². The molecule has 18 heavy (non-hydrogen) atoms. The van der Waals surface area contributed by atoms with Crippen molar-refractivity contribution in [3.8, 4) is 0 Å². The molecular weight excluding hydrogens is 262 g/mol. The van der Waals surface area contributed by atoms with Crippen LogP contribution in [0, 0.1) is 21.7 Å². The van der Waals surface area contributed by atoms with E-state index in [1.807, 2.05) is 6.92 Å². The Morgan fingerprint density at radius 3 is 2.44 bits per heavy atom. The fraction of sp³-hybridized carbons (Fsp3) is 0.455. The van der Waals surface area contributed by atoms with E-state index in [4.69, 9.17) is 0 Å². The molecule has 1 atom stereocenters. The van der Waals surface area contributed by atoms with Gasteiger partial charge in [0.25, 0.3) is 5.69 Å². The first-order valence-corrected chi connectivity index (χ1v) is 6.58. The van der Waals surface area contributed by atoms with Crippen LogP contribution in [0.5, 0.6) is 0 Å². The molecule has 0 aliphatic carbocycles. The van der Waals surface area contributed by atoms with E-state index in [9.17, 15) is 18.9 Å². The number of non-ortho nitro benzene ring substituents is 1. The fourth-order valence-corrected chi connectivity index (χ4v) is 2.06. The number of thioether (sulfide) groups is 1. The first kappa shape index (κ1) is 14.7. The zero-order chi connectivity index (χ0) is 13.7. The van der Waals surface area contributed by atoms with Crippen LogP contribution in [0.4, 0.5) is 20.2 Å². The minimum Gasteiger partial charge on any atom is -0.377 e. The topological polar surface area (TPSA) is 55.2 Å². The maximum Gasteiger partial charge on any atom is 0.275 e. The van der Waals surface area contributed by atoms with Gasteiger partial charge < -0.3 is 5.32 Å². The predicted molar refractivity (Wildman–Crippen MR) is 69.1 cm³/mol. The molecule has 0 aliphatic rings. The third-order valence-corrected chi connectivity index (χ3v) is 3.34. The average Bonchev–Trinajstić information content (AvgIpc) is 2.30. The number of nitro benzene ring substituents is 1. The largest absolute Gasteiger partial charge is 0.377 e. The van der Waals surface area contributed by atoms with Gasteiger partial charge in [0, 0.05) is 11.8 Å². The monoisotopic (exact) mass is 276 g/mol. The molecule has 0 saturated carbocycles. The van der Waals surface area contributed by atoms with E-state index < -0.39 is 22.2 Å². The molecule has 1 unspecified atom stereocenters. The van der Waals surface area contributed by atoms with E-state index in [2.05, 4.69) is 5.32 Å². The molecule has 1 aromatic carbocycles. The molecule has 1 aromatic rings. The summed E-state index contributed by atoms with van der Waals surface area (Å²) >= 11 is 1.64. The maximum absolute atomic E-state index is 13.5. The molecule has 0 aromatic heterocycles. The number of rotatable bonds is 6. The summed E-state index contributed by atoms with van der Waals surface area (Å²) in [6, 6.07) is 1.30. The highest BCUT2D eigenvalue weighted by atomic mass is 32.2. The molecule has 0 saturated heterocycles. The fourth-order valence-electron chi connectivity index (χ4n) is 1.39.